The van der Waals surface area contributed by atoms with Crippen LogP contribution in [-0.4, -0.2) is 42.9 Å². The van der Waals surface area contributed by atoms with E-state index in [2.05, 4.69) is 5.32 Å². The molecule has 2 aliphatic rings. The van der Waals surface area contributed by atoms with Crippen molar-refractivity contribution in [2.75, 3.05) is 26.2 Å². The fourth-order valence-electron chi connectivity index (χ4n) is 1.99. The average Bonchev–Trinajstić information content (AvgIpc) is 2.14. The second-order valence-corrected chi connectivity index (χ2v) is 4.09. The molecular formula is C9H14F2N2O. The molecule has 2 aliphatic heterocycles. The van der Waals surface area contributed by atoms with Crippen LogP contribution in [0.25, 0.3) is 0 Å². The molecule has 14 heavy (non-hydrogen) atoms. The quantitative estimate of drug-likeness (QED) is 0.673. The Bertz CT molecular complexity index is 231. The maximum atomic E-state index is 12.5. The van der Waals surface area contributed by atoms with Crippen molar-refractivity contribution in [3.05, 3.63) is 0 Å². The highest BCUT2D eigenvalue weighted by atomic mass is 19.3. The third-order valence-electron chi connectivity index (χ3n) is 2.80. The molecular weight excluding hydrogens is 190 g/mol. The van der Waals surface area contributed by atoms with Crippen LogP contribution in [0.1, 0.15) is 12.8 Å². The van der Waals surface area contributed by atoms with E-state index in [1.807, 2.05) is 0 Å². The maximum Gasteiger partial charge on any atom is 0.282 e. The van der Waals surface area contributed by atoms with Gasteiger partial charge in [0.15, 0.2) is 0 Å². The van der Waals surface area contributed by atoms with Crippen LogP contribution >= 0.6 is 0 Å². The van der Waals surface area contributed by atoms with E-state index in [0.29, 0.717) is 6.54 Å². The van der Waals surface area contributed by atoms with Crippen molar-refractivity contribution in [3.8, 4) is 0 Å². The van der Waals surface area contributed by atoms with Crippen LogP contribution in [0.5, 0.6) is 0 Å². The summed E-state index contributed by atoms with van der Waals surface area (Å²) in [4.78, 5) is 12.9. The second-order valence-electron chi connectivity index (χ2n) is 4.09. The third-order valence-corrected chi connectivity index (χ3v) is 2.80. The minimum absolute atomic E-state index is 0.0835. The summed E-state index contributed by atoms with van der Waals surface area (Å²) in [6.07, 6.45) is 1.79. The van der Waals surface area contributed by atoms with E-state index in [1.54, 1.807) is 0 Å². The van der Waals surface area contributed by atoms with Gasteiger partial charge >= 0.3 is 0 Å². The normalized spacial score (nSPS) is 31.0. The van der Waals surface area contributed by atoms with Crippen molar-refractivity contribution in [1.82, 2.24) is 10.2 Å². The molecule has 1 N–H and O–H groups in total. The largest absolute Gasteiger partial charge is 0.330 e. The number of nitrogens with zero attached hydrogens (tertiary/aromatic N) is 1. The number of carbonyl (C=O) groups excluding carboxylic acids is 1. The van der Waals surface area contributed by atoms with E-state index in [9.17, 15) is 13.6 Å². The van der Waals surface area contributed by atoms with E-state index in [-0.39, 0.29) is 24.9 Å². The molecule has 0 unspecified atom stereocenters. The fraction of sp³-hybridized carbons (Fsp3) is 0.889. The van der Waals surface area contributed by atoms with Gasteiger partial charge in [-0.1, -0.05) is 0 Å². The smallest absolute Gasteiger partial charge is 0.282 e. The summed E-state index contributed by atoms with van der Waals surface area (Å²) in [5, 5.41) is 3.10. The van der Waals surface area contributed by atoms with Gasteiger partial charge in [0.1, 0.15) is 0 Å². The van der Waals surface area contributed by atoms with Crippen LogP contribution in [0, 0.1) is 5.92 Å². The molecule has 0 aromatic heterocycles. The molecule has 3 nitrogen and oxygen atoms in total. The first kappa shape index (κ1) is 9.83. The van der Waals surface area contributed by atoms with Gasteiger partial charge in [-0.25, -0.2) is 8.78 Å². The first-order valence-corrected chi connectivity index (χ1v) is 4.96. The Balaban J connectivity index is 1.84. The van der Waals surface area contributed by atoms with Crippen molar-refractivity contribution in [1.29, 1.82) is 0 Å². The topological polar surface area (TPSA) is 32.3 Å². The van der Waals surface area contributed by atoms with E-state index < -0.39 is 5.92 Å². The standard InChI is InChI=1S/C9H14F2N2O/c10-9(11)5-13(6-9)8(14)7-2-1-3-12-4-7/h7,12H,1-6H2/t7-/m1/s1. The summed E-state index contributed by atoms with van der Waals surface area (Å²) in [5.74, 6) is -2.83. The third kappa shape index (κ3) is 1.87. The zero-order chi connectivity index (χ0) is 10.2. The maximum absolute atomic E-state index is 12.5. The van der Waals surface area contributed by atoms with Crippen molar-refractivity contribution < 1.29 is 13.6 Å². The number of hydrogen-bond donors (Lipinski definition) is 1. The number of nitrogens with one attached hydrogen (secondary N) is 1. The lowest BCUT2D eigenvalue weighted by Gasteiger charge is -2.41. The lowest BCUT2D eigenvalue weighted by molar-refractivity contribution is -0.170. The molecule has 1 atom stereocenters. The Morgan fingerprint density at radius 2 is 2.14 bits per heavy atom. The van der Waals surface area contributed by atoms with Crippen LogP contribution in [-0.2, 0) is 4.79 Å². The average molecular weight is 204 g/mol. The lowest BCUT2D eigenvalue weighted by Crippen LogP contribution is -2.60. The zero-order valence-electron chi connectivity index (χ0n) is 7.93. The predicted octanol–water partition coefficient (Wildman–Crippen LogP) is 0.463. The first-order valence-electron chi connectivity index (χ1n) is 4.96. The summed E-state index contributed by atoms with van der Waals surface area (Å²) < 4.78 is 25.0. The number of likely N-dealkylation sites (tertiary alicyclic amines) is 1. The molecule has 0 saturated carbocycles. The zero-order valence-corrected chi connectivity index (χ0v) is 7.93. The number of hydrogen-bond acceptors (Lipinski definition) is 2. The summed E-state index contributed by atoms with van der Waals surface area (Å²) >= 11 is 0. The van der Waals surface area contributed by atoms with E-state index >= 15 is 0 Å². The number of piperidine rings is 1. The molecule has 2 heterocycles. The highest BCUT2D eigenvalue weighted by Crippen LogP contribution is 2.28. The van der Waals surface area contributed by atoms with Crippen LogP contribution in [0.3, 0.4) is 0 Å². The highest BCUT2D eigenvalue weighted by molar-refractivity contribution is 5.80. The highest BCUT2D eigenvalue weighted by Gasteiger charge is 2.47. The van der Waals surface area contributed by atoms with Crippen molar-refractivity contribution >= 4 is 5.91 Å². The monoisotopic (exact) mass is 204 g/mol. The van der Waals surface area contributed by atoms with Gasteiger partial charge in [0.05, 0.1) is 19.0 Å². The Morgan fingerprint density at radius 3 is 2.64 bits per heavy atom. The van der Waals surface area contributed by atoms with Gasteiger partial charge in [-0.3, -0.25) is 4.79 Å². The van der Waals surface area contributed by atoms with E-state index in [1.165, 1.54) is 4.90 Å². The number of alkyl halides is 2. The van der Waals surface area contributed by atoms with Gasteiger partial charge in [-0.05, 0) is 19.4 Å². The van der Waals surface area contributed by atoms with E-state index in [4.69, 9.17) is 0 Å². The summed E-state index contributed by atoms with van der Waals surface area (Å²) in [6, 6.07) is 0. The molecule has 0 aromatic carbocycles. The SMILES string of the molecule is O=C([C@@H]1CCCNC1)N1CC(F)(F)C1. The molecule has 0 radical (unpaired) electrons. The van der Waals surface area contributed by atoms with Crippen molar-refractivity contribution in [2.45, 2.75) is 18.8 Å². The molecule has 0 bridgehead atoms. The van der Waals surface area contributed by atoms with Crippen LogP contribution in [0.2, 0.25) is 0 Å². The summed E-state index contributed by atoms with van der Waals surface area (Å²) in [6.45, 7) is 0.797. The second kappa shape index (κ2) is 3.46. The van der Waals surface area contributed by atoms with Crippen molar-refractivity contribution in [2.24, 2.45) is 5.92 Å². The number of carbonyl (C=O) groups is 1. The molecule has 0 aromatic rings. The minimum atomic E-state index is -2.64. The number of amides is 1. The molecule has 0 aliphatic carbocycles. The van der Waals surface area contributed by atoms with E-state index in [0.717, 1.165) is 19.4 Å². The fourth-order valence-corrected chi connectivity index (χ4v) is 1.99. The number of halogens is 2. The lowest BCUT2D eigenvalue weighted by atomic mass is 9.96. The molecule has 2 saturated heterocycles. The molecule has 5 heteroatoms. The first-order chi connectivity index (χ1) is 6.58. The summed E-state index contributed by atoms with van der Waals surface area (Å²) in [7, 11) is 0. The summed E-state index contributed by atoms with van der Waals surface area (Å²) in [5.41, 5.74) is 0. The molecule has 80 valence electrons. The molecule has 0 spiro atoms. The molecule has 2 fully saturated rings. The van der Waals surface area contributed by atoms with Gasteiger partial charge in [0.25, 0.3) is 5.92 Å². The Kier molecular flexibility index (Phi) is 2.43. The van der Waals surface area contributed by atoms with Gasteiger partial charge in [-0.2, -0.15) is 0 Å². The van der Waals surface area contributed by atoms with Gasteiger partial charge < -0.3 is 10.2 Å². The molecule has 2 rings (SSSR count). The Hall–Kier alpha value is -0.710. The van der Waals surface area contributed by atoms with Crippen molar-refractivity contribution in [3.63, 3.8) is 0 Å². The Morgan fingerprint density at radius 1 is 1.43 bits per heavy atom. The molecule has 1 amide bonds. The van der Waals surface area contributed by atoms with Crippen LogP contribution < -0.4 is 5.32 Å². The van der Waals surface area contributed by atoms with Crippen LogP contribution in [0.4, 0.5) is 8.78 Å². The van der Waals surface area contributed by atoms with Crippen LogP contribution in [0.15, 0.2) is 0 Å². The Labute approximate surface area is 81.4 Å². The minimum Gasteiger partial charge on any atom is -0.330 e. The predicted molar refractivity (Wildman–Crippen MR) is 47.1 cm³/mol. The number of rotatable bonds is 1. The van der Waals surface area contributed by atoms with Gasteiger partial charge in [-0.15, -0.1) is 0 Å². The van der Waals surface area contributed by atoms with Gasteiger partial charge in [0.2, 0.25) is 5.91 Å². The van der Waals surface area contributed by atoms with Gasteiger partial charge in [0, 0.05) is 6.54 Å².